The van der Waals surface area contributed by atoms with Gasteiger partial charge in [-0.2, -0.15) is 0 Å². The molecule has 0 radical (unpaired) electrons. The second kappa shape index (κ2) is 4.90. The molecular weight excluding hydrogens is 255 g/mol. The van der Waals surface area contributed by atoms with Crippen LogP contribution in [0.25, 0.3) is 0 Å². The molecule has 1 aromatic carbocycles. The summed E-state index contributed by atoms with van der Waals surface area (Å²) in [6.07, 6.45) is 0. The largest absolute Gasteiger partial charge is 0.494 e. The lowest BCUT2D eigenvalue weighted by molar-refractivity contribution is -0.138. The minimum absolute atomic E-state index is 0.397. The van der Waals surface area contributed by atoms with Crippen LogP contribution in [0.15, 0.2) is 24.3 Å². The van der Waals surface area contributed by atoms with Gasteiger partial charge in [0.1, 0.15) is 0 Å². The van der Waals surface area contributed by atoms with E-state index >= 15 is 0 Å². The van der Waals surface area contributed by atoms with E-state index in [4.69, 9.17) is 14.4 Å². The van der Waals surface area contributed by atoms with Gasteiger partial charge >= 0.3 is 13.1 Å². The highest BCUT2D eigenvalue weighted by molar-refractivity contribution is 6.62. The van der Waals surface area contributed by atoms with Crippen molar-refractivity contribution in [1.82, 2.24) is 0 Å². The van der Waals surface area contributed by atoms with Crippen LogP contribution in [0.4, 0.5) is 0 Å². The molecule has 1 unspecified atom stereocenters. The van der Waals surface area contributed by atoms with Crippen molar-refractivity contribution in [1.29, 1.82) is 0 Å². The zero-order valence-corrected chi connectivity index (χ0v) is 12.6. The van der Waals surface area contributed by atoms with Gasteiger partial charge in [-0.25, -0.2) is 0 Å². The number of rotatable bonds is 3. The Bertz CT molecular complexity index is 508. The lowest BCUT2D eigenvalue weighted by Gasteiger charge is -2.32. The second-order valence-corrected chi connectivity index (χ2v) is 6.32. The summed E-state index contributed by atoms with van der Waals surface area (Å²) in [4.78, 5) is 11.1. The highest BCUT2D eigenvalue weighted by Crippen LogP contribution is 2.36. The van der Waals surface area contributed by atoms with Gasteiger partial charge in [0.05, 0.1) is 17.1 Å². The Hall–Kier alpha value is -1.33. The Labute approximate surface area is 120 Å². The van der Waals surface area contributed by atoms with E-state index in [1.54, 1.807) is 6.92 Å². The molecule has 0 aromatic heterocycles. The molecule has 0 spiro atoms. The average Bonchev–Trinajstić information content (AvgIpc) is 2.57. The number of aliphatic carboxylic acids is 1. The number of hydrogen-bond acceptors (Lipinski definition) is 3. The topological polar surface area (TPSA) is 55.8 Å². The average molecular weight is 276 g/mol. The smallest absolute Gasteiger partial charge is 0.481 e. The molecule has 4 nitrogen and oxygen atoms in total. The normalized spacial score (nSPS) is 21.8. The zero-order chi connectivity index (χ0) is 15.1. The van der Waals surface area contributed by atoms with Crippen LogP contribution in [-0.4, -0.2) is 29.4 Å². The standard InChI is InChI=1S/C15H21BO4/c1-10(13(17)18)11-7-6-8-12(9-11)16-19-14(2,3)15(4,5)20-16/h6-10H,1-5H3,(H,17,18). The maximum Gasteiger partial charge on any atom is 0.494 e. The van der Waals surface area contributed by atoms with Gasteiger partial charge in [0.15, 0.2) is 0 Å². The molecule has 1 heterocycles. The summed E-state index contributed by atoms with van der Waals surface area (Å²) in [6.45, 7) is 9.66. The Morgan fingerprint density at radius 2 is 1.75 bits per heavy atom. The van der Waals surface area contributed by atoms with Gasteiger partial charge < -0.3 is 14.4 Å². The Kier molecular flexibility index (Phi) is 3.69. The quantitative estimate of drug-likeness (QED) is 0.860. The number of carbonyl (C=O) groups is 1. The summed E-state index contributed by atoms with van der Waals surface area (Å²) in [5.41, 5.74) is 0.817. The third-order valence-corrected chi connectivity index (χ3v) is 4.31. The summed E-state index contributed by atoms with van der Waals surface area (Å²) < 4.78 is 12.0. The monoisotopic (exact) mass is 276 g/mol. The van der Waals surface area contributed by atoms with E-state index in [1.807, 2.05) is 52.0 Å². The van der Waals surface area contributed by atoms with Crippen molar-refractivity contribution < 1.29 is 19.2 Å². The summed E-state index contributed by atoms with van der Waals surface area (Å²) >= 11 is 0. The summed E-state index contributed by atoms with van der Waals surface area (Å²) in [5.74, 6) is -1.38. The van der Waals surface area contributed by atoms with E-state index in [9.17, 15) is 4.79 Å². The van der Waals surface area contributed by atoms with Crippen LogP contribution in [-0.2, 0) is 14.1 Å². The predicted octanol–water partition coefficient (Wildman–Crippen LogP) is 2.17. The van der Waals surface area contributed by atoms with Crippen LogP contribution in [0.5, 0.6) is 0 Å². The Morgan fingerprint density at radius 3 is 2.25 bits per heavy atom. The highest BCUT2D eigenvalue weighted by atomic mass is 16.7. The molecule has 5 heteroatoms. The first-order valence-corrected chi connectivity index (χ1v) is 6.82. The van der Waals surface area contributed by atoms with Crippen molar-refractivity contribution in [2.24, 2.45) is 0 Å². The molecule has 1 aliphatic heterocycles. The Morgan fingerprint density at radius 1 is 1.20 bits per heavy atom. The first-order valence-electron chi connectivity index (χ1n) is 6.82. The molecule has 1 saturated heterocycles. The maximum absolute atomic E-state index is 11.1. The fourth-order valence-corrected chi connectivity index (χ4v) is 2.10. The first-order chi connectivity index (χ1) is 9.14. The van der Waals surface area contributed by atoms with Crippen LogP contribution in [0.2, 0.25) is 0 Å². The van der Waals surface area contributed by atoms with E-state index < -0.39 is 30.2 Å². The van der Waals surface area contributed by atoms with E-state index in [2.05, 4.69) is 0 Å². The van der Waals surface area contributed by atoms with Gasteiger partial charge in [0.25, 0.3) is 0 Å². The minimum Gasteiger partial charge on any atom is -0.481 e. The fourth-order valence-electron chi connectivity index (χ4n) is 2.10. The van der Waals surface area contributed by atoms with E-state index in [0.717, 1.165) is 11.0 Å². The highest BCUT2D eigenvalue weighted by Gasteiger charge is 2.51. The molecule has 0 saturated carbocycles. The van der Waals surface area contributed by atoms with Gasteiger partial charge in [-0.05, 0) is 45.6 Å². The summed E-state index contributed by atoms with van der Waals surface area (Å²) in [7, 11) is -0.457. The third kappa shape index (κ3) is 2.60. The van der Waals surface area contributed by atoms with Gasteiger partial charge in [-0.15, -0.1) is 0 Å². The van der Waals surface area contributed by atoms with Gasteiger partial charge in [0.2, 0.25) is 0 Å². The molecule has 2 rings (SSSR count). The zero-order valence-electron chi connectivity index (χ0n) is 12.6. The van der Waals surface area contributed by atoms with Crippen molar-refractivity contribution in [3.05, 3.63) is 29.8 Å². The van der Waals surface area contributed by atoms with Crippen molar-refractivity contribution in [2.45, 2.75) is 51.7 Å². The van der Waals surface area contributed by atoms with Crippen molar-refractivity contribution in [3.8, 4) is 0 Å². The second-order valence-electron chi connectivity index (χ2n) is 6.32. The Balaban J connectivity index is 2.28. The number of carboxylic acid groups (broad SMARTS) is 1. The molecule has 1 atom stereocenters. The molecule has 0 aliphatic carbocycles. The molecule has 0 bridgehead atoms. The first kappa shape index (κ1) is 15.1. The summed E-state index contributed by atoms with van der Waals surface area (Å²) in [5, 5.41) is 9.10. The van der Waals surface area contributed by atoms with Crippen molar-refractivity contribution in [3.63, 3.8) is 0 Å². The number of hydrogen-bond donors (Lipinski definition) is 1. The van der Waals surface area contributed by atoms with Crippen LogP contribution < -0.4 is 5.46 Å². The molecule has 1 aliphatic rings. The van der Waals surface area contributed by atoms with Crippen LogP contribution in [0.3, 0.4) is 0 Å². The minimum atomic E-state index is -0.837. The van der Waals surface area contributed by atoms with Gasteiger partial charge in [0, 0.05) is 0 Å². The number of benzene rings is 1. The lowest BCUT2D eigenvalue weighted by atomic mass is 9.77. The van der Waals surface area contributed by atoms with E-state index in [-0.39, 0.29) is 0 Å². The predicted molar refractivity (Wildman–Crippen MR) is 78.2 cm³/mol. The molecule has 108 valence electrons. The van der Waals surface area contributed by atoms with Crippen molar-refractivity contribution in [2.75, 3.05) is 0 Å². The van der Waals surface area contributed by atoms with E-state index in [0.29, 0.717) is 0 Å². The summed E-state index contributed by atoms with van der Waals surface area (Å²) in [6, 6.07) is 7.41. The number of carboxylic acids is 1. The SMILES string of the molecule is CC(C(=O)O)c1cccc(B2OC(C)(C)C(C)(C)O2)c1. The molecule has 1 N–H and O–H groups in total. The lowest BCUT2D eigenvalue weighted by Crippen LogP contribution is -2.41. The molecule has 1 aromatic rings. The van der Waals surface area contributed by atoms with Crippen molar-refractivity contribution >= 4 is 18.6 Å². The van der Waals surface area contributed by atoms with Gasteiger partial charge in [-0.3, -0.25) is 4.79 Å². The van der Waals surface area contributed by atoms with Crippen LogP contribution >= 0.6 is 0 Å². The molecular formula is C15H21BO4. The maximum atomic E-state index is 11.1. The molecule has 0 amide bonds. The third-order valence-electron chi connectivity index (χ3n) is 4.31. The van der Waals surface area contributed by atoms with E-state index in [1.165, 1.54) is 0 Å². The van der Waals surface area contributed by atoms with Crippen LogP contribution in [0, 0.1) is 0 Å². The fraction of sp³-hybridized carbons (Fsp3) is 0.533. The van der Waals surface area contributed by atoms with Crippen LogP contribution in [0.1, 0.15) is 46.1 Å². The van der Waals surface area contributed by atoms with Gasteiger partial charge in [-0.1, -0.05) is 24.3 Å². The molecule has 20 heavy (non-hydrogen) atoms. The molecule has 1 fully saturated rings.